The van der Waals surface area contributed by atoms with Gasteiger partial charge in [0.25, 0.3) is 5.91 Å². The number of benzene rings is 1. The van der Waals surface area contributed by atoms with Crippen LogP contribution in [0.5, 0.6) is 0 Å². The second-order valence-electron chi connectivity index (χ2n) is 14.1. The van der Waals surface area contributed by atoms with Crippen molar-refractivity contribution in [2.45, 2.75) is 70.6 Å². The molecular formula is C37H47N11O3. The number of rotatable bonds is 12. The molecule has 51 heavy (non-hydrogen) atoms. The number of aromatic nitrogens is 3. The quantitative estimate of drug-likeness (QED) is 0.140. The summed E-state index contributed by atoms with van der Waals surface area (Å²) < 4.78 is 2.18. The minimum atomic E-state index is -0.382. The number of nitrogens with zero attached hydrogens (tertiary/aromatic N) is 6. The van der Waals surface area contributed by atoms with Gasteiger partial charge in [-0.05, 0) is 50.3 Å². The molecule has 3 aromatic rings. The highest BCUT2D eigenvalue weighted by Crippen LogP contribution is 2.49. The van der Waals surface area contributed by atoms with Crippen molar-refractivity contribution in [3.8, 4) is 11.1 Å². The van der Waals surface area contributed by atoms with Gasteiger partial charge in [0.15, 0.2) is 0 Å². The number of anilines is 3. The molecule has 1 saturated heterocycles. The molecule has 2 aliphatic carbocycles. The molecule has 4 heterocycles. The van der Waals surface area contributed by atoms with Crippen LogP contribution in [0.2, 0.25) is 0 Å². The van der Waals surface area contributed by atoms with Gasteiger partial charge in [-0.2, -0.15) is 5.10 Å². The molecule has 2 aliphatic heterocycles. The SMILES string of the molecule is CCC1c2c(cnn2C2CN(Cc3cccc(N(C)C(C)=O)n3)C2)-c2cccc(NC(/C=C(\N)NC(=O)C3CC3)=C(/N)C(=O)NC3CC3)c2N1C. The Balaban J connectivity index is 1.14. The van der Waals surface area contributed by atoms with E-state index in [0.29, 0.717) is 18.1 Å². The predicted octanol–water partition coefficient (Wildman–Crippen LogP) is 3.07. The number of amides is 3. The summed E-state index contributed by atoms with van der Waals surface area (Å²) >= 11 is 0. The molecule has 14 heteroatoms. The van der Waals surface area contributed by atoms with E-state index >= 15 is 0 Å². The van der Waals surface area contributed by atoms with Crippen LogP contribution in [0.3, 0.4) is 0 Å². The maximum absolute atomic E-state index is 13.1. The van der Waals surface area contributed by atoms with Crippen LogP contribution in [-0.2, 0) is 20.9 Å². The molecule has 0 bridgehead atoms. The van der Waals surface area contributed by atoms with Gasteiger partial charge in [0.1, 0.15) is 17.3 Å². The summed E-state index contributed by atoms with van der Waals surface area (Å²) in [4.78, 5) is 48.3. The predicted molar refractivity (Wildman–Crippen MR) is 196 cm³/mol. The molecule has 0 radical (unpaired) electrons. The van der Waals surface area contributed by atoms with Gasteiger partial charge in [0.05, 0.1) is 46.7 Å². The van der Waals surface area contributed by atoms with Gasteiger partial charge in [0.2, 0.25) is 11.8 Å². The highest BCUT2D eigenvalue weighted by molar-refractivity contribution is 5.96. The molecular weight excluding hydrogens is 646 g/mol. The first-order valence-electron chi connectivity index (χ1n) is 17.7. The summed E-state index contributed by atoms with van der Waals surface area (Å²) in [5.41, 5.74) is 18.9. The lowest BCUT2D eigenvalue weighted by atomic mass is 9.91. The van der Waals surface area contributed by atoms with E-state index in [1.54, 1.807) is 11.9 Å². The maximum atomic E-state index is 13.1. The molecule has 7 N–H and O–H groups in total. The van der Waals surface area contributed by atoms with Crippen molar-refractivity contribution in [2.75, 3.05) is 42.3 Å². The summed E-state index contributed by atoms with van der Waals surface area (Å²) in [6, 6.07) is 12.2. The molecule has 0 spiro atoms. The Bertz CT molecular complexity index is 1920. The average molecular weight is 694 g/mol. The molecule has 3 fully saturated rings. The Morgan fingerprint density at radius 2 is 1.78 bits per heavy atom. The lowest BCUT2D eigenvalue weighted by Gasteiger charge is -2.43. The van der Waals surface area contributed by atoms with Gasteiger partial charge in [0, 0.05) is 69.8 Å². The molecule has 1 aromatic carbocycles. The molecule has 3 amide bonds. The summed E-state index contributed by atoms with van der Waals surface area (Å²) in [5.74, 6) is 0.167. The van der Waals surface area contributed by atoms with Crippen molar-refractivity contribution < 1.29 is 14.4 Å². The van der Waals surface area contributed by atoms with Crippen LogP contribution in [0.25, 0.3) is 11.1 Å². The zero-order valence-corrected chi connectivity index (χ0v) is 29.6. The Labute approximate surface area is 297 Å². The molecule has 2 aromatic heterocycles. The Kier molecular flexibility index (Phi) is 9.19. The first-order valence-corrected chi connectivity index (χ1v) is 17.7. The van der Waals surface area contributed by atoms with E-state index in [-0.39, 0.29) is 53.3 Å². The van der Waals surface area contributed by atoms with Crippen LogP contribution in [0.1, 0.15) is 69.4 Å². The topological polar surface area (TPSA) is 180 Å². The Hall–Kier alpha value is -5.37. The monoisotopic (exact) mass is 693 g/mol. The molecule has 268 valence electrons. The fourth-order valence-corrected chi connectivity index (χ4v) is 6.93. The van der Waals surface area contributed by atoms with Gasteiger partial charge in [-0.15, -0.1) is 0 Å². The van der Waals surface area contributed by atoms with Crippen LogP contribution >= 0.6 is 0 Å². The standard InChI is InChI=1S/C37H47N11O3/c1-5-30-35-27(17-40-48(35)25-19-47(20-25)18-24-8-6-11-32(41-24)45(3)21(2)49)26-9-7-10-28(34(26)46(30)4)43-29(33(39)37(51)42-23-14-15-23)16-31(38)44-36(50)22-12-13-22/h6-11,16-17,22-23,25,30,43H,5,12-15,18-20,38-39H2,1-4H3,(H,42,51)(H,44,50)/b31-16+,33-29+. The van der Waals surface area contributed by atoms with E-state index in [9.17, 15) is 14.4 Å². The zero-order valence-electron chi connectivity index (χ0n) is 29.6. The molecule has 2 saturated carbocycles. The molecule has 14 nitrogen and oxygen atoms in total. The third-order valence-electron chi connectivity index (χ3n) is 10.2. The van der Waals surface area contributed by atoms with Gasteiger partial charge < -0.3 is 37.2 Å². The molecule has 1 unspecified atom stereocenters. The van der Waals surface area contributed by atoms with Crippen LogP contribution in [0.15, 0.2) is 65.9 Å². The molecule has 7 rings (SSSR count). The van der Waals surface area contributed by atoms with Crippen molar-refractivity contribution in [1.82, 2.24) is 30.3 Å². The highest BCUT2D eigenvalue weighted by Gasteiger charge is 2.38. The van der Waals surface area contributed by atoms with E-state index in [1.165, 1.54) is 18.7 Å². The number of nitrogens with two attached hydrogens (primary N) is 2. The number of carbonyl (C=O) groups excluding carboxylic acids is 3. The van der Waals surface area contributed by atoms with Crippen molar-refractivity contribution in [2.24, 2.45) is 17.4 Å². The lowest BCUT2D eigenvalue weighted by molar-refractivity contribution is -0.121. The normalized spacial score (nSPS) is 19.3. The first-order chi connectivity index (χ1) is 24.5. The Morgan fingerprint density at radius 1 is 1.04 bits per heavy atom. The first kappa shape index (κ1) is 34.1. The molecule has 1 atom stereocenters. The number of fused-ring (bicyclic) bond motifs is 3. The fourth-order valence-electron chi connectivity index (χ4n) is 6.93. The number of hydrogen-bond acceptors (Lipinski definition) is 10. The minimum Gasteiger partial charge on any atom is -0.393 e. The second-order valence-corrected chi connectivity index (χ2v) is 14.1. The fraction of sp³-hybridized carbons (Fsp3) is 0.432. The van der Waals surface area contributed by atoms with E-state index in [4.69, 9.17) is 21.5 Å². The highest BCUT2D eigenvalue weighted by atomic mass is 16.2. The summed E-state index contributed by atoms with van der Waals surface area (Å²) in [6.07, 6.45) is 7.86. The van der Waals surface area contributed by atoms with E-state index in [1.807, 2.05) is 36.5 Å². The number of carbonyl (C=O) groups is 3. The van der Waals surface area contributed by atoms with Gasteiger partial charge in [-0.25, -0.2) is 4.98 Å². The van der Waals surface area contributed by atoms with Crippen LogP contribution in [-0.4, -0.2) is 70.6 Å². The van der Waals surface area contributed by atoms with Crippen LogP contribution in [0, 0.1) is 5.92 Å². The number of nitrogens with one attached hydrogen (secondary N) is 3. The largest absolute Gasteiger partial charge is 0.393 e. The summed E-state index contributed by atoms with van der Waals surface area (Å²) in [6.45, 7) is 6.06. The minimum absolute atomic E-state index is 0.00975. The van der Waals surface area contributed by atoms with Gasteiger partial charge in [-0.1, -0.05) is 25.1 Å². The number of likely N-dealkylation sites (tertiary alicyclic amines) is 1. The van der Waals surface area contributed by atoms with Crippen molar-refractivity contribution in [1.29, 1.82) is 0 Å². The van der Waals surface area contributed by atoms with E-state index < -0.39 is 0 Å². The third-order valence-corrected chi connectivity index (χ3v) is 10.2. The second kappa shape index (κ2) is 13.7. The summed E-state index contributed by atoms with van der Waals surface area (Å²) in [5, 5.41) is 14.1. The smallest absolute Gasteiger partial charge is 0.269 e. The summed E-state index contributed by atoms with van der Waals surface area (Å²) in [7, 11) is 3.81. The number of hydrogen-bond donors (Lipinski definition) is 5. The van der Waals surface area contributed by atoms with Crippen LogP contribution < -0.4 is 37.2 Å². The van der Waals surface area contributed by atoms with E-state index in [2.05, 4.69) is 50.5 Å². The van der Waals surface area contributed by atoms with Gasteiger partial charge in [-0.3, -0.25) is 24.0 Å². The molecule has 4 aliphatic rings. The van der Waals surface area contributed by atoms with Gasteiger partial charge >= 0.3 is 0 Å². The average Bonchev–Trinajstić information content (AvgIpc) is 4.04. The third kappa shape index (κ3) is 7.00. The van der Waals surface area contributed by atoms with Crippen molar-refractivity contribution in [3.05, 3.63) is 77.3 Å². The number of allylic oxidation sites excluding steroid dienone is 1. The number of pyridine rings is 1. The van der Waals surface area contributed by atoms with Crippen molar-refractivity contribution >= 4 is 34.9 Å². The number of para-hydroxylation sites is 1. The lowest BCUT2D eigenvalue weighted by Crippen LogP contribution is -2.48. The van der Waals surface area contributed by atoms with E-state index in [0.717, 1.165) is 73.4 Å². The zero-order chi connectivity index (χ0) is 36.0. The maximum Gasteiger partial charge on any atom is 0.269 e. The van der Waals surface area contributed by atoms with Crippen LogP contribution in [0.4, 0.5) is 17.2 Å². The Morgan fingerprint density at radius 3 is 2.47 bits per heavy atom. The van der Waals surface area contributed by atoms with Crippen molar-refractivity contribution in [3.63, 3.8) is 0 Å².